The molecule has 4 heteroatoms. The van der Waals surface area contributed by atoms with Crippen LogP contribution in [0.1, 0.15) is 25.0 Å². The number of aromatic nitrogens is 2. The molecule has 0 aliphatic heterocycles. The number of nitrogens with zero attached hydrogens (tertiary/aromatic N) is 2. The summed E-state index contributed by atoms with van der Waals surface area (Å²) in [6, 6.07) is 0.380. The van der Waals surface area contributed by atoms with E-state index in [1.54, 1.807) is 7.11 Å². The topological polar surface area (TPSA) is 39.1 Å². The molecule has 1 aliphatic carbocycles. The van der Waals surface area contributed by atoms with Crippen LogP contribution in [0, 0.1) is 6.92 Å². The quantitative estimate of drug-likeness (QED) is 0.796. The van der Waals surface area contributed by atoms with Crippen molar-refractivity contribution in [1.82, 2.24) is 9.55 Å². The summed E-state index contributed by atoms with van der Waals surface area (Å²) in [6.07, 6.45) is 7.74. The van der Waals surface area contributed by atoms with Crippen LogP contribution in [0.3, 0.4) is 0 Å². The molecule has 2 atom stereocenters. The van der Waals surface area contributed by atoms with Crippen LogP contribution >= 0.6 is 0 Å². The van der Waals surface area contributed by atoms with Crippen molar-refractivity contribution in [3.63, 3.8) is 0 Å². The highest BCUT2D eigenvalue weighted by atomic mass is 16.5. The van der Waals surface area contributed by atoms with Gasteiger partial charge in [0.2, 0.25) is 5.95 Å². The van der Waals surface area contributed by atoms with Crippen LogP contribution < -0.4 is 5.32 Å². The Morgan fingerprint density at radius 2 is 2.47 bits per heavy atom. The number of aryl methyl sites for hydroxylation is 1. The van der Waals surface area contributed by atoms with Crippen LogP contribution in [0.15, 0.2) is 18.9 Å². The third kappa shape index (κ3) is 2.69. The maximum absolute atomic E-state index is 5.48. The van der Waals surface area contributed by atoms with Gasteiger partial charge in [0, 0.05) is 19.9 Å². The third-order valence-corrected chi connectivity index (χ3v) is 3.29. The molecule has 0 bridgehead atoms. The SMILES string of the molecule is C=CCn1cc(C)nc1NC1CCCC1OC. The molecule has 4 nitrogen and oxygen atoms in total. The number of nitrogens with one attached hydrogen (secondary N) is 1. The van der Waals surface area contributed by atoms with Gasteiger partial charge in [0.1, 0.15) is 0 Å². The van der Waals surface area contributed by atoms with Gasteiger partial charge >= 0.3 is 0 Å². The first-order valence-corrected chi connectivity index (χ1v) is 6.18. The third-order valence-electron chi connectivity index (χ3n) is 3.29. The molecule has 1 aliphatic rings. The smallest absolute Gasteiger partial charge is 0.203 e. The Hall–Kier alpha value is -1.29. The zero-order valence-electron chi connectivity index (χ0n) is 10.6. The van der Waals surface area contributed by atoms with Crippen molar-refractivity contribution in [3.8, 4) is 0 Å². The molecule has 2 unspecified atom stereocenters. The summed E-state index contributed by atoms with van der Waals surface area (Å²) >= 11 is 0. The van der Waals surface area contributed by atoms with Crippen LogP contribution in [0.5, 0.6) is 0 Å². The van der Waals surface area contributed by atoms with Crippen LogP contribution in [-0.2, 0) is 11.3 Å². The molecule has 17 heavy (non-hydrogen) atoms. The van der Waals surface area contributed by atoms with Crippen molar-refractivity contribution >= 4 is 5.95 Å². The summed E-state index contributed by atoms with van der Waals surface area (Å²) in [5, 5.41) is 3.50. The second-order valence-corrected chi connectivity index (χ2v) is 4.60. The molecule has 0 radical (unpaired) electrons. The normalized spacial score (nSPS) is 23.9. The van der Waals surface area contributed by atoms with E-state index in [0.717, 1.165) is 31.0 Å². The van der Waals surface area contributed by atoms with Gasteiger partial charge in [0.05, 0.1) is 17.8 Å². The van der Waals surface area contributed by atoms with E-state index in [4.69, 9.17) is 4.74 Å². The predicted molar refractivity (Wildman–Crippen MR) is 69.2 cm³/mol. The van der Waals surface area contributed by atoms with Crippen molar-refractivity contribution < 1.29 is 4.74 Å². The Morgan fingerprint density at radius 3 is 3.18 bits per heavy atom. The number of allylic oxidation sites excluding steroid dienone is 1. The zero-order chi connectivity index (χ0) is 12.3. The Balaban J connectivity index is 2.09. The summed E-state index contributed by atoms with van der Waals surface area (Å²) in [4.78, 5) is 4.51. The zero-order valence-corrected chi connectivity index (χ0v) is 10.6. The van der Waals surface area contributed by atoms with E-state index in [9.17, 15) is 0 Å². The highest BCUT2D eigenvalue weighted by Gasteiger charge is 2.27. The first kappa shape index (κ1) is 12.2. The maximum atomic E-state index is 5.48. The summed E-state index contributed by atoms with van der Waals surface area (Å²) in [5.74, 6) is 0.927. The average molecular weight is 235 g/mol. The fraction of sp³-hybridized carbons (Fsp3) is 0.615. The van der Waals surface area contributed by atoms with Crippen molar-refractivity contribution in [2.24, 2.45) is 0 Å². The van der Waals surface area contributed by atoms with Gasteiger partial charge in [-0.2, -0.15) is 0 Å². The predicted octanol–water partition coefficient (Wildman–Crippen LogP) is 2.36. The van der Waals surface area contributed by atoms with Gasteiger partial charge < -0.3 is 14.6 Å². The molecule has 1 aromatic heterocycles. The minimum Gasteiger partial charge on any atom is -0.379 e. The molecule has 1 N–H and O–H groups in total. The molecule has 94 valence electrons. The number of hydrogen-bond donors (Lipinski definition) is 1. The molecule has 0 aromatic carbocycles. The first-order chi connectivity index (χ1) is 8.24. The van der Waals surface area contributed by atoms with E-state index in [1.165, 1.54) is 6.42 Å². The minimum absolute atomic E-state index is 0.309. The van der Waals surface area contributed by atoms with E-state index in [1.807, 2.05) is 19.2 Å². The number of rotatable bonds is 5. The fourth-order valence-corrected chi connectivity index (χ4v) is 2.48. The van der Waals surface area contributed by atoms with Crippen LogP contribution in [0.2, 0.25) is 0 Å². The maximum Gasteiger partial charge on any atom is 0.203 e. The van der Waals surface area contributed by atoms with Gasteiger partial charge in [-0.05, 0) is 26.2 Å². The van der Waals surface area contributed by atoms with Crippen molar-refractivity contribution in [2.75, 3.05) is 12.4 Å². The van der Waals surface area contributed by atoms with Crippen molar-refractivity contribution in [2.45, 2.75) is 44.9 Å². The van der Waals surface area contributed by atoms with Gasteiger partial charge in [0.15, 0.2) is 0 Å². The van der Waals surface area contributed by atoms with Gasteiger partial charge in [-0.25, -0.2) is 4.98 Å². The molecule has 1 aromatic rings. The lowest BCUT2D eigenvalue weighted by molar-refractivity contribution is 0.101. The molecule has 1 fully saturated rings. The Bertz CT molecular complexity index is 386. The molecule has 0 amide bonds. The number of ether oxygens (including phenoxy) is 1. The van der Waals surface area contributed by atoms with E-state index >= 15 is 0 Å². The highest BCUT2D eigenvalue weighted by Crippen LogP contribution is 2.24. The number of hydrogen-bond acceptors (Lipinski definition) is 3. The van der Waals surface area contributed by atoms with E-state index in [2.05, 4.69) is 21.4 Å². The second-order valence-electron chi connectivity index (χ2n) is 4.60. The number of anilines is 1. The van der Waals surface area contributed by atoms with Crippen molar-refractivity contribution in [1.29, 1.82) is 0 Å². The fourth-order valence-electron chi connectivity index (χ4n) is 2.48. The average Bonchev–Trinajstić information content (AvgIpc) is 2.87. The summed E-state index contributed by atoms with van der Waals surface area (Å²) in [6.45, 7) is 6.56. The summed E-state index contributed by atoms with van der Waals surface area (Å²) < 4.78 is 7.57. The molecule has 0 spiro atoms. The molecule has 1 saturated carbocycles. The van der Waals surface area contributed by atoms with E-state index in [-0.39, 0.29) is 0 Å². The standard InChI is InChI=1S/C13H21N3O/c1-4-8-16-9-10(2)14-13(16)15-11-6-5-7-12(11)17-3/h4,9,11-12H,1,5-8H2,2-3H3,(H,14,15). The lowest BCUT2D eigenvalue weighted by atomic mass is 10.2. The van der Waals surface area contributed by atoms with E-state index < -0.39 is 0 Å². The lowest BCUT2D eigenvalue weighted by Crippen LogP contribution is -2.31. The Labute approximate surface area is 103 Å². The molecule has 0 saturated heterocycles. The van der Waals surface area contributed by atoms with E-state index in [0.29, 0.717) is 12.1 Å². The Morgan fingerprint density at radius 1 is 1.65 bits per heavy atom. The molecular formula is C13H21N3O. The summed E-state index contributed by atoms with van der Waals surface area (Å²) in [7, 11) is 1.78. The van der Waals surface area contributed by atoms with Gasteiger partial charge in [-0.15, -0.1) is 6.58 Å². The van der Waals surface area contributed by atoms with Crippen molar-refractivity contribution in [3.05, 3.63) is 24.5 Å². The monoisotopic (exact) mass is 235 g/mol. The highest BCUT2D eigenvalue weighted by molar-refractivity contribution is 5.31. The minimum atomic E-state index is 0.309. The van der Waals surface area contributed by atoms with Crippen LogP contribution in [0.4, 0.5) is 5.95 Å². The van der Waals surface area contributed by atoms with Crippen LogP contribution in [-0.4, -0.2) is 28.8 Å². The Kier molecular flexibility index (Phi) is 3.84. The molecule has 2 rings (SSSR count). The van der Waals surface area contributed by atoms with Gasteiger partial charge in [-0.1, -0.05) is 6.08 Å². The largest absolute Gasteiger partial charge is 0.379 e. The second kappa shape index (κ2) is 5.36. The number of imidazole rings is 1. The molecular weight excluding hydrogens is 214 g/mol. The first-order valence-electron chi connectivity index (χ1n) is 6.18. The molecule has 1 heterocycles. The van der Waals surface area contributed by atoms with Gasteiger partial charge in [0.25, 0.3) is 0 Å². The van der Waals surface area contributed by atoms with Gasteiger partial charge in [-0.3, -0.25) is 0 Å². The summed E-state index contributed by atoms with van der Waals surface area (Å²) in [5.41, 5.74) is 1.03. The lowest BCUT2D eigenvalue weighted by Gasteiger charge is -2.20. The van der Waals surface area contributed by atoms with Crippen LogP contribution in [0.25, 0.3) is 0 Å². The number of methoxy groups -OCH3 is 1.